The summed E-state index contributed by atoms with van der Waals surface area (Å²) in [5.74, 6) is -1.08. The number of furan rings is 1. The molecular formula is C22H21NO5. The quantitative estimate of drug-likeness (QED) is 0.736. The Morgan fingerprint density at radius 1 is 1.18 bits per heavy atom. The summed E-state index contributed by atoms with van der Waals surface area (Å²) in [6, 6.07) is 15.0. The molecule has 3 aromatic rings. The summed E-state index contributed by atoms with van der Waals surface area (Å²) in [6.07, 6.45) is 1.76. The van der Waals surface area contributed by atoms with Crippen LogP contribution in [0.15, 0.2) is 59.2 Å². The SMILES string of the molecule is COc1ccc2c(CC(=O)N3CC(C(=O)O)C(c4ccccc4)C3)coc2c1. The number of methoxy groups -OCH3 is 1. The Labute approximate surface area is 162 Å². The van der Waals surface area contributed by atoms with Crippen molar-refractivity contribution in [2.45, 2.75) is 12.3 Å². The number of carboxylic acid groups (broad SMARTS) is 1. The predicted octanol–water partition coefficient (Wildman–Crippen LogP) is 3.31. The van der Waals surface area contributed by atoms with Crippen molar-refractivity contribution in [2.75, 3.05) is 20.2 Å². The highest BCUT2D eigenvalue weighted by Gasteiger charge is 2.40. The fraction of sp³-hybridized carbons (Fsp3) is 0.273. The molecule has 1 aliphatic rings. The molecule has 0 spiro atoms. The van der Waals surface area contributed by atoms with Crippen LogP contribution in [0.3, 0.4) is 0 Å². The molecule has 28 heavy (non-hydrogen) atoms. The molecule has 144 valence electrons. The fourth-order valence-corrected chi connectivity index (χ4v) is 3.90. The van der Waals surface area contributed by atoms with Gasteiger partial charge in [-0.1, -0.05) is 30.3 Å². The van der Waals surface area contributed by atoms with Crippen LogP contribution in [0.25, 0.3) is 11.0 Å². The zero-order chi connectivity index (χ0) is 19.7. The molecule has 2 aromatic carbocycles. The number of ether oxygens (including phenoxy) is 1. The number of carboxylic acids is 1. The molecule has 6 nitrogen and oxygen atoms in total. The number of likely N-dealkylation sites (tertiary alicyclic amines) is 1. The van der Waals surface area contributed by atoms with Gasteiger partial charge in [0.1, 0.15) is 11.3 Å². The summed E-state index contributed by atoms with van der Waals surface area (Å²) >= 11 is 0. The second kappa shape index (κ2) is 7.38. The maximum Gasteiger partial charge on any atom is 0.308 e. The molecule has 2 unspecified atom stereocenters. The van der Waals surface area contributed by atoms with Crippen molar-refractivity contribution in [3.05, 3.63) is 65.9 Å². The number of amides is 1. The summed E-state index contributed by atoms with van der Waals surface area (Å²) in [7, 11) is 1.59. The first-order chi connectivity index (χ1) is 13.6. The van der Waals surface area contributed by atoms with E-state index in [0.29, 0.717) is 17.9 Å². The molecule has 1 N–H and O–H groups in total. The van der Waals surface area contributed by atoms with Gasteiger partial charge in [-0.15, -0.1) is 0 Å². The zero-order valence-corrected chi connectivity index (χ0v) is 15.5. The van der Waals surface area contributed by atoms with Crippen LogP contribution in [-0.2, 0) is 16.0 Å². The van der Waals surface area contributed by atoms with E-state index in [4.69, 9.17) is 9.15 Å². The van der Waals surface area contributed by atoms with Crippen LogP contribution < -0.4 is 4.74 Å². The molecular weight excluding hydrogens is 358 g/mol. The molecule has 1 saturated heterocycles. The van der Waals surface area contributed by atoms with Crippen molar-refractivity contribution < 1.29 is 23.8 Å². The molecule has 1 aromatic heterocycles. The summed E-state index contributed by atoms with van der Waals surface area (Å²) in [5.41, 5.74) is 2.40. The van der Waals surface area contributed by atoms with Gasteiger partial charge >= 0.3 is 5.97 Å². The number of benzene rings is 2. The van der Waals surface area contributed by atoms with Gasteiger partial charge < -0.3 is 19.2 Å². The number of hydrogen-bond donors (Lipinski definition) is 1. The second-order valence-electron chi connectivity index (χ2n) is 7.06. The number of nitrogens with zero attached hydrogens (tertiary/aromatic N) is 1. The van der Waals surface area contributed by atoms with Gasteiger partial charge in [0.25, 0.3) is 0 Å². The highest BCUT2D eigenvalue weighted by molar-refractivity contribution is 5.89. The Morgan fingerprint density at radius 3 is 2.68 bits per heavy atom. The summed E-state index contributed by atoms with van der Waals surface area (Å²) in [4.78, 5) is 26.3. The minimum atomic E-state index is -0.870. The van der Waals surface area contributed by atoms with E-state index in [1.807, 2.05) is 42.5 Å². The van der Waals surface area contributed by atoms with Crippen molar-refractivity contribution >= 4 is 22.8 Å². The minimum Gasteiger partial charge on any atom is -0.497 e. The predicted molar refractivity (Wildman–Crippen MR) is 103 cm³/mol. The molecule has 0 aliphatic carbocycles. The first-order valence-electron chi connectivity index (χ1n) is 9.16. The van der Waals surface area contributed by atoms with Crippen molar-refractivity contribution in [3.8, 4) is 5.75 Å². The van der Waals surface area contributed by atoms with E-state index in [-0.39, 0.29) is 24.8 Å². The second-order valence-corrected chi connectivity index (χ2v) is 7.06. The van der Waals surface area contributed by atoms with E-state index >= 15 is 0 Å². The number of hydrogen-bond acceptors (Lipinski definition) is 4. The molecule has 1 amide bonds. The average Bonchev–Trinajstić information content (AvgIpc) is 3.33. The van der Waals surface area contributed by atoms with Crippen LogP contribution in [0.1, 0.15) is 17.0 Å². The molecule has 4 rings (SSSR count). The molecule has 1 fully saturated rings. The van der Waals surface area contributed by atoms with Gasteiger partial charge in [-0.05, 0) is 17.7 Å². The maximum atomic E-state index is 12.9. The third kappa shape index (κ3) is 3.33. The number of aliphatic carboxylic acids is 1. The van der Waals surface area contributed by atoms with Gasteiger partial charge in [-0.3, -0.25) is 9.59 Å². The lowest BCUT2D eigenvalue weighted by Gasteiger charge is -2.16. The molecule has 0 saturated carbocycles. The van der Waals surface area contributed by atoms with E-state index in [0.717, 1.165) is 16.5 Å². The van der Waals surface area contributed by atoms with Crippen LogP contribution in [0.5, 0.6) is 5.75 Å². The van der Waals surface area contributed by atoms with Gasteiger partial charge in [-0.25, -0.2) is 0 Å². The topological polar surface area (TPSA) is 80.0 Å². The van der Waals surface area contributed by atoms with Crippen LogP contribution in [0, 0.1) is 5.92 Å². The van der Waals surface area contributed by atoms with Gasteiger partial charge in [0.2, 0.25) is 5.91 Å². The van der Waals surface area contributed by atoms with Crippen LogP contribution >= 0.6 is 0 Å². The summed E-state index contributed by atoms with van der Waals surface area (Å²) < 4.78 is 10.8. The monoisotopic (exact) mass is 379 g/mol. The Kier molecular flexibility index (Phi) is 4.77. The lowest BCUT2D eigenvalue weighted by Crippen LogP contribution is -2.31. The van der Waals surface area contributed by atoms with Gasteiger partial charge in [-0.2, -0.15) is 0 Å². The van der Waals surface area contributed by atoms with E-state index in [9.17, 15) is 14.7 Å². The zero-order valence-electron chi connectivity index (χ0n) is 15.5. The van der Waals surface area contributed by atoms with Crippen LogP contribution in [-0.4, -0.2) is 42.1 Å². The highest BCUT2D eigenvalue weighted by Crippen LogP contribution is 2.34. The van der Waals surface area contributed by atoms with E-state index in [2.05, 4.69) is 0 Å². The number of rotatable bonds is 5. The smallest absolute Gasteiger partial charge is 0.308 e. The number of carbonyl (C=O) groups is 2. The standard InChI is InChI=1S/C22H21NO5/c1-27-16-7-8-17-15(13-28-20(17)10-16)9-21(24)23-11-18(19(12-23)22(25)26)14-5-3-2-4-6-14/h2-8,10,13,18-19H,9,11-12H2,1H3,(H,25,26). The number of carbonyl (C=O) groups excluding carboxylic acids is 1. The third-order valence-corrected chi connectivity index (χ3v) is 5.42. The van der Waals surface area contributed by atoms with Crippen molar-refractivity contribution in [1.29, 1.82) is 0 Å². The lowest BCUT2D eigenvalue weighted by atomic mass is 9.89. The van der Waals surface area contributed by atoms with Gasteiger partial charge in [0.05, 0.1) is 25.7 Å². The van der Waals surface area contributed by atoms with Crippen LogP contribution in [0.2, 0.25) is 0 Å². The molecule has 2 heterocycles. The van der Waals surface area contributed by atoms with E-state index < -0.39 is 11.9 Å². The van der Waals surface area contributed by atoms with Crippen LogP contribution in [0.4, 0.5) is 0 Å². The maximum absolute atomic E-state index is 12.9. The fourth-order valence-electron chi connectivity index (χ4n) is 3.90. The normalized spacial score (nSPS) is 19.1. The minimum absolute atomic E-state index is 0.0943. The molecule has 6 heteroatoms. The Bertz CT molecular complexity index is 1010. The number of fused-ring (bicyclic) bond motifs is 1. The molecule has 0 bridgehead atoms. The summed E-state index contributed by atoms with van der Waals surface area (Å²) in [5, 5.41) is 10.5. The first-order valence-corrected chi connectivity index (χ1v) is 9.16. The molecule has 2 atom stereocenters. The Morgan fingerprint density at radius 2 is 1.96 bits per heavy atom. The lowest BCUT2D eigenvalue weighted by molar-refractivity contribution is -0.141. The van der Waals surface area contributed by atoms with E-state index in [1.165, 1.54) is 0 Å². The third-order valence-electron chi connectivity index (χ3n) is 5.42. The summed E-state index contributed by atoms with van der Waals surface area (Å²) in [6.45, 7) is 0.626. The van der Waals surface area contributed by atoms with Crippen molar-refractivity contribution in [2.24, 2.45) is 5.92 Å². The van der Waals surface area contributed by atoms with Crippen molar-refractivity contribution in [3.63, 3.8) is 0 Å². The molecule has 1 aliphatic heterocycles. The largest absolute Gasteiger partial charge is 0.497 e. The average molecular weight is 379 g/mol. The Balaban J connectivity index is 1.53. The van der Waals surface area contributed by atoms with Gasteiger partial charge in [0, 0.05) is 36.0 Å². The van der Waals surface area contributed by atoms with E-state index in [1.54, 1.807) is 24.3 Å². The van der Waals surface area contributed by atoms with Crippen molar-refractivity contribution in [1.82, 2.24) is 4.90 Å². The Hall–Kier alpha value is -3.28. The highest BCUT2D eigenvalue weighted by atomic mass is 16.5. The first kappa shape index (κ1) is 18.1. The van der Waals surface area contributed by atoms with Gasteiger partial charge in [0.15, 0.2) is 0 Å². The molecule has 0 radical (unpaired) electrons.